The predicted octanol–water partition coefficient (Wildman–Crippen LogP) is 1.65. The maximum Gasteiger partial charge on any atom is 0.252 e. The van der Waals surface area contributed by atoms with Crippen molar-refractivity contribution in [2.75, 3.05) is 0 Å². The zero-order valence-electron chi connectivity index (χ0n) is 9.06. The van der Waals surface area contributed by atoms with Crippen LogP contribution >= 0.6 is 0 Å². The van der Waals surface area contributed by atoms with E-state index < -0.39 is 6.04 Å². The summed E-state index contributed by atoms with van der Waals surface area (Å²) in [4.78, 5) is 23.4. The number of allylic oxidation sites excluding steroid dienone is 1. The van der Waals surface area contributed by atoms with Gasteiger partial charge < -0.3 is 10.4 Å². The standard InChI is InChI=1S/C13H11NO3/c15-9-5-6-10(16)11(9)12-7-3-1-2-4-8(7)13(17)14-12/h1-4,12,15H,5-6H2,(H,14,17). The number of fused-ring (bicyclic) bond motifs is 1. The van der Waals surface area contributed by atoms with Gasteiger partial charge in [0.05, 0.1) is 11.6 Å². The van der Waals surface area contributed by atoms with E-state index in [0.29, 0.717) is 24.0 Å². The fraction of sp³-hybridized carbons (Fsp3) is 0.231. The van der Waals surface area contributed by atoms with E-state index in [4.69, 9.17) is 0 Å². The van der Waals surface area contributed by atoms with Crippen LogP contribution in [0.4, 0.5) is 0 Å². The minimum Gasteiger partial charge on any atom is -0.512 e. The smallest absolute Gasteiger partial charge is 0.252 e. The average molecular weight is 229 g/mol. The van der Waals surface area contributed by atoms with Crippen LogP contribution in [0.3, 0.4) is 0 Å². The Kier molecular flexibility index (Phi) is 2.04. The minimum absolute atomic E-state index is 0.0792. The van der Waals surface area contributed by atoms with Crippen molar-refractivity contribution in [3.63, 3.8) is 0 Å². The highest BCUT2D eigenvalue weighted by Crippen LogP contribution is 2.36. The average Bonchev–Trinajstić information content (AvgIpc) is 2.82. The Morgan fingerprint density at radius 1 is 1.18 bits per heavy atom. The summed E-state index contributed by atoms with van der Waals surface area (Å²) >= 11 is 0. The molecule has 0 aromatic heterocycles. The summed E-state index contributed by atoms with van der Waals surface area (Å²) in [5, 5.41) is 12.5. The van der Waals surface area contributed by atoms with E-state index in [1.54, 1.807) is 12.1 Å². The van der Waals surface area contributed by atoms with Crippen LogP contribution in [0.5, 0.6) is 0 Å². The Balaban J connectivity index is 2.11. The molecule has 0 saturated heterocycles. The van der Waals surface area contributed by atoms with Crippen LogP contribution in [-0.4, -0.2) is 16.8 Å². The fourth-order valence-corrected chi connectivity index (χ4v) is 2.46. The van der Waals surface area contributed by atoms with Gasteiger partial charge in [0.25, 0.3) is 5.91 Å². The van der Waals surface area contributed by atoms with Gasteiger partial charge >= 0.3 is 0 Å². The van der Waals surface area contributed by atoms with Crippen molar-refractivity contribution in [1.29, 1.82) is 0 Å². The Bertz CT molecular complexity index is 560. The van der Waals surface area contributed by atoms with Crippen LogP contribution in [0.25, 0.3) is 0 Å². The van der Waals surface area contributed by atoms with Gasteiger partial charge in [-0.05, 0) is 11.6 Å². The number of rotatable bonds is 1. The van der Waals surface area contributed by atoms with Crippen molar-refractivity contribution >= 4 is 11.7 Å². The number of hydrogen-bond donors (Lipinski definition) is 2. The lowest BCUT2D eigenvalue weighted by Crippen LogP contribution is -2.23. The molecule has 4 nitrogen and oxygen atoms in total. The molecule has 1 atom stereocenters. The van der Waals surface area contributed by atoms with Crippen molar-refractivity contribution < 1.29 is 14.7 Å². The molecule has 17 heavy (non-hydrogen) atoms. The summed E-state index contributed by atoms with van der Waals surface area (Å²) in [5.74, 6) is -0.160. The first-order chi connectivity index (χ1) is 8.18. The third kappa shape index (κ3) is 1.37. The predicted molar refractivity (Wildman–Crippen MR) is 60.5 cm³/mol. The van der Waals surface area contributed by atoms with Gasteiger partial charge in [0.1, 0.15) is 5.76 Å². The molecule has 0 saturated carbocycles. The lowest BCUT2D eigenvalue weighted by molar-refractivity contribution is -0.115. The van der Waals surface area contributed by atoms with E-state index in [2.05, 4.69) is 5.32 Å². The fourth-order valence-electron chi connectivity index (χ4n) is 2.46. The summed E-state index contributed by atoms with van der Waals surface area (Å²) < 4.78 is 0. The zero-order chi connectivity index (χ0) is 12.0. The molecule has 2 aliphatic rings. The van der Waals surface area contributed by atoms with Gasteiger partial charge in [0.2, 0.25) is 0 Å². The van der Waals surface area contributed by atoms with Gasteiger partial charge in [-0.2, -0.15) is 0 Å². The molecule has 1 aliphatic heterocycles. The van der Waals surface area contributed by atoms with Crippen LogP contribution in [0.2, 0.25) is 0 Å². The quantitative estimate of drug-likeness (QED) is 0.769. The molecular formula is C13H11NO3. The van der Waals surface area contributed by atoms with E-state index in [9.17, 15) is 14.7 Å². The Morgan fingerprint density at radius 2 is 1.94 bits per heavy atom. The summed E-state index contributed by atoms with van der Waals surface area (Å²) in [6, 6.07) is 6.66. The third-order valence-corrected chi connectivity index (χ3v) is 3.28. The molecule has 0 spiro atoms. The van der Waals surface area contributed by atoms with E-state index in [1.807, 2.05) is 12.1 Å². The Labute approximate surface area is 98.0 Å². The van der Waals surface area contributed by atoms with Crippen LogP contribution < -0.4 is 5.32 Å². The highest BCUT2D eigenvalue weighted by molar-refractivity contribution is 6.05. The number of benzene rings is 1. The molecule has 3 rings (SSSR count). The number of nitrogens with one attached hydrogen (secondary N) is 1. The van der Waals surface area contributed by atoms with E-state index in [-0.39, 0.29) is 17.4 Å². The van der Waals surface area contributed by atoms with E-state index in [0.717, 1.165) is 5.56 Å². The molecule has 0 fully saturated rings. The van der Waals surface area contributed by atoms with Crippen molar-refractivity contribution in [2.24, 2.45) is 0 Å². The molecule has 86 valence electrons. The normalized spacial score (nSPS) is 22.9. The van der Waals surface area contributed by atoms with Crippen molar-refractivity contribution in [3.05, 3.63) is 46.7 Å². The molecule has 4 heteroatoms. The van der Waals surface area contributed by atoms with Gasteiger partial charge in [-0.3, -0.25) is 9.59 Å². The second kappa shape index (κ2) is 3.45. The molecule has 1 amide bonds. The topological polar surface area (TPSA) is 66.4 Å². The number of aliphatic hydroxyl groups is 1. The lowest BCUT2D eigenvalue weighted by atomic mass is 9.97. The zero-order valence-corrected chi connectivity index (χ0v) is 9.06. The highest BCUT2D eigenvalue weighted by Gasteiger charge is 2.37. The monoisotopic (exact) mass is 229 g/mol. The van der Waals surface area contributed by atoms with E-state index in [1.165, 1.54) is 0 Å². The molecule has 0 bridgehead atoms. The largest absolute Gasteiger partial charge is 0.512 e. The van der Waals surface area contributed by atoms with Crippen molar-refractivity contribution in [1.82, 2.24) is 5.32 Å². The number of aliphatic hydroxyl groups excluding tert-OH is 1. The first kappa shape index (κ1) is 10.1. The maximum absolute atomic E-state index is 11.7. The summed E-state index contributed by atoms with van der Waals surface area (Å²) in [6.45, 7) is 0. The SMILES string of the molecule is O=C1CCC(O)=C1C1NC(=O)c2ccccc21. The van der Waals surface area contributed by atoms with E-state index >= 15 is 0 Å². The van der Waals surface area contributed by atoms with Gasteiger partial charge in [0.15, 0.2) is 5.78 Å². The number of carbonyl (C=O) groups excluding carboxylic acids is 2. The summed E-state index contributed by atoms with van der Waals surface area (Å²) in [7, 11) is 0. The number of carbonyl (C=O) groups is 2. The van der Waals surface area contributed by atoms with Gasteiger partial charge in [0, 0.05) is 18.4 Å². The molecule has 2 N–H and O–H groups in total. The van der Waals surface area contributed by atoms with Gasteiger partial charge in [-0.1, -0.05) is 18.2 Å². The van der Waals surface area contributed by atoms with Crippen molar-refractivity contribution in [3.8, 4) is 0 Å². The molecule has 1 aromatic carbocycles. The molecule has 1 aromatic rings. The van der Waals surface area contributed by atoms with Crippen molar-refractivity contribution in [2.45, 2.75) is 18.9 Å². The lowest BCUT2D eigenvalue weighted by Gasteiger charge is -2.12. The maximum atomic E-state index is 11.7. The number of ketones is 1. The van der Waals surface area contributed by atoms with Gasteiger partial charge in [-0.15, -0.1) is 0 Å². The highest BCUT2D eigenvalue weighted by atomic mass is 16.3. The van der Waals surface area contributed by atoms with Crippen LogP contribution in [0, 0.1) is 0 Å². The Morgan fingerprint density at radius 3 is 2.65 bits per heavy atom. The number of hydrogen-bond acceptors (Lipinski definition) is 3. The third-order valence-electron chi connectivity index (χ3n) is 3.28. The molecular weight excluding hydrogens is 218 g/mol. The van der Waals surface area contributed by atoms with Crippen LogP contribution in [0.1, 0.15) is 34.8 Å². The van der Waals surface area contributed by atoms with Crippen LogP contribution in [-0.2, 0) is 4.79 Å². The second-order valence-corrected chi connectivity index (χ2v) is 4.28. The number of Topliss-reactive ketones (excluding diaryl/α,β-unsaturated/α-hetero) is 1. The Hall–Kier alpha value is -2.10. The molecule has 1 aliphatic carbocycles. The second-order valence-electron chi connectivity index (χ2n) is 4.28. The van der Waals surface area contributed by atoms with Gasteiger partial charge in [-0.25, -0.2) is 0 Å². The number of amides is 1. The molecule has 0 radical (unpaired) electrons. The first-order valence-corrected chi connectivity index (χ1v) is 5.53. The summed E-state index contributed by atoms with van der Waals surface area (Å²) in [5.41, 5.74) is 1.70. The minimum atomic E-state index is -0.478. The first-order valence-electron chi connectivity index (χ1n) is 5.53. The van der Waals surface area contributed by atoms with Crippen LogP contribution in [0.15, 0.2) is 35.6 Å². The molecule has 1 unspecified atom stereocenters. The molecule has 1 heterocycles. The summed E-state index contributed by atoms with van der Waals surface area (Å²) in [6.07, 6.45) is 0.707.